The maximum absolute atomic E-state index is 11.7. The van der Waals surface area contributed by atoms with Crippen LogP contribution in [0.4, 0.5) is 0 Å². The first-order chi connectivity index (χ1) is 12.3. The summed E-state index contributed by atoms with van der Waals surface area (Å²) in [6.45, 7) is 7.25. The molecule has 2 aliphatic rings. The molecular weight excluding hydrogens is 318 g/mol. The molecule has 0 bridgehead atoms. The van der Waals surface area contributed by atoms with Crippen molar-refractivity contribution in [2.75, 3.05) is 45.9 Å². The van der Waals surface area contributed by atoms with E-state index >= 15 is 0 Å². The maximum Gasteiger partial charge on any atom is 0.320 e. The Kier molecular flexibility index (Phi) is 6.67. The number of hydrogen-bond acceptors (Lipinski definition) is 6. The van der Waals surface area contributed by atoms with Crippen molar-refractivity contribution < 1.29 is 14.3 Å². The van der Waals surface area contributed by atoms with Gasteiger partial charge in [-0.05, 0) is 38.4 Å². The lowest BCUT2D eigenvalue weighted by Crippen LogP contribution is -2.58. The smallest absolute Gasteiger partial charge is 0.320 e. The first-order valence-corrected chi connectivity index (χ1v) is 9.33. The molecule has 6 heteroatoms. The molecule has 6 nitrogen and oxygen atoms in total. The second-order valence-corrected chi connectivity index (χ2v) is 6.64. The second-order valence-electron chi connectivity index (χ2n) is 6.64. The summed E-state index contributed by atoms with van der Waals surface area (Å²) in [5.41, 5.74) is 0. The van der Waals surface area contributed by atoms with Crippen LogP contribution in [0.15, 0.2) is 30.3 Å². The highest BCUT2D eigenvalue weighted by atomic mass is 16.5. The highest BCUT2D eigenvalue weighted by Crippen LogP contribution is 2.21. The SMILES string of the molecule is CCOC(=O)CN1CCN(C(Oc2ccccc2)C2CCCN2)CC1. The van der Waals surface area contributed by atoms with Gasteiger partial charge in [0.2, 0.25) is 0 Å². The van der Waals surface area contributed by atoms with E-state index in [1.807, 2.05) is 37.3 Å². The van der Waals surface area contributed by atoms with Crippen LogP contribution in [0.3, 0.4) is 0 Å². The summed E-state index contributed by atoms with van der Waals surface area (Å²) in [6.07, 6.45) is 2.37. The Morgan fingerprint density at radius 2 is 2.00 bits per heavy atom. The Bertz CT molecular complexity index is 526. The van der Waals surface area contributed by atoms with Gasteiger partial charge < -0.3 is 14.8 Å². The van der Waals surface area contributed by atoms with E-state index in [2.05, 4.69) is 15.1 Å². The molecule has 0 spiro atoms. The van der Waals surface area contributed by atoms with E-state index in [1.54, 1.807) is 0 Å². The van der Waals surface area contributed by atoms with Crippen LogP contribution < -0.4 is 10.1 Å². The van der Waals surface area contributed by atoms with E-state index in [0.29, 0.717) is 19.2 Å². The van der Waals surface area contributed by atoms with Crippen LogP contribution in [0, 0.1) is 0 Å². The van der Waals surface area contributed by atoms with Gasteiger partial charge in [-0.25, -0.2) is 0 Å². The second kappa shape index (κ2) is 9.17. The number of carbonyl (C=O) groups excluding carboxylic acids is 1. The summed E-state index contributed by atoms with van der Waals surface area (Å²) in [4.78, 5) is 16.2. The monoisotopic (exact) mass is 347 g/mol. The van der Waals surface area contributed by atoms with Crippen molar-refractivity contribution in [1.82, 2.24) is 15.1 Å². The lowest BCUT2D eigenvalue weighted by Gasteiger charge is -2.40. The summed E-state index contributed by atoms with van der Waals surface area (Å²) < 4.78 is 11.4. The fraction of sp³-hybridized carbons (Fsp3) is 0.632. The molecule has 1 N–H and O–H groups in total. The minimum absolute atomic E-state index is 0.0367. The third kappa shape index (κ3) is 5.17. The molecule has 2 saturated heterocycles. The molecular formula is C19H29N3O3. The first-order valence-electron chi connectivity index (χ1n) is 9.33. The molecule has 0 saturated carbocycles. The molecule has 138 valence electrons. The van der Waals surface area contributed by atoms with E-state index < -0.39 is 0 Å². The molecule has 0 radical (unpaired) electrons. The van der Waals surface area contributed by atoms with Crippen LogP contribution in [0.25, 0.3) is 0 Å². The van der Waals surface area contributed by atoms with E-state index in [-0.39, 0.29) is 12.2 Å². The first kappa shape index (κ1) is 18.2. The van der Waals surface area contributed by atoms with Gasteiger partial charge in [0.1, 0.15) is 5.75 Å². The quantitative estimate of drug-likeness (QED) is 0.751. The molecule has 2 heterocycles. The predicted octanol–water partition coefficient (Wildman–Crippen LogP) is 1.32. The van der Waals surface area contributed by atoms with Crippen molar-refractivity contribution in [2.24, 2.45) is 0 Å². The Balaban J connectivity index is 1.57. The van der Waals surface area contributed by atoms with Crippen molar-refractivity contribution in [1.29, 1.82) is 0 Å². The Labute approximate surface area is 150 Å². The van der Waals surface area contributed by atoms with E-state index in [1.165, 1.54) is 6.42 Å². The lowest BCUT2D eigenvalue weighted by molar-refractivity contribution is -0.145. The number of benzene rings is 1. The van der Waals surface area contributed by atoms with Crippen molar-refractivity contribution in [3.8, 4) is 5.75 Å². The summed E-state index contributed by atoms with van der Waals surface area (Å²) in [5, 5.41) is 3.58. The number of nitrogens with one attached hydrogen (secondary N) is 1. The minimum atomic E-state index is -0.134. The van der Waals surface area contributed by atoms with Gasteiger partial charge in [0.05, 0.1) is 19.2 Å². The number of rotatable bonds is 7. The molecule has 3 rings (SSSR count). The van der Waals surface area contributed by atoms with Gasteiger partial charge in [0, 0.05) is 26.2 Å². The van der Waals surface area contributed by atoms with Crippen LogP contribution in [-0.4, -0.2) is 73.9 Å². The molecule has 25 heavy (non-hydrogen) atoms. The summed E-state index contributed by atoms with van der Waals surface area (Å²) in [5.74, 6) is 0.778. The topological polar surface area (TPSA) is 54.0 Å². The highest BCUT2D eigenvalue weighted by molar-refractivity contribution is 5.71. The number of carbonyl (C=O) groups is 1. The van der Waals surface area contributed by atoms with Crippen LogP contribution in [0.1, 0.15) is 19.8 Å². The average molecular weight is 347 g/mol. The summed E-state index contributed by atoms with van der Waals surface area (Å²) >= 11 is 0. The Morgan fingerprint density at radius 3 is 2.64 bits per heavy atom. The number of hydrogen-bond donors (Lipinski definition) is 1. The van der Waals surface area contributed by atoms with Crippen LogP contribution in [0.5, 0.6) is 5.75 Å². The Hall–Kier alpha value is -1.63. The minimum Gasteiger partial charge on any atom is -0.473 e. The number of ether oxygens (including phenoxy) is 2. The van der Waals surface area contributed by atoms with Gasteiger partial charge >= 0.3 is 5.97 Å². The molecule has 0 amide bonds. The fourth-order valence-corrected chi connectivity index (χ4v) is 3.57. The van der Waals surface area contributed by atoms with Gasteiger partial charge in [-0.1, -0.05) is 18.2 Å². The molecule has 2 fully saturated rings. The maximum atomic E-state index is 11.7. The van der Waals surface area contributed by atoms with Crippen molar-refractivity contribution in [2.45, 2.75) is 32.0 Å². The average Bonchev–Trinajstić information content (AvgIpc) is 3.16. The zero-order valence-electron chi connectivity index (χ0n) is 15.0. The molecule has 1 aromatic rings. The number of esters is 1. The van der Waals surface area contributed by atoms with Gasteiger partial charge in [-0.3, -0.25) is 14.6 Å². The zero-order valence-corrected chi connectivity index (χ0v) is 15.0. The van der Waals surface area contributed by atoms with Gasteiger partial charge in [0.25, 0.3) is 0 Å². The molecule has 1 aromatic carbocycles. The third-order valence-corrected chi connectivity index (χ3v) is 4.87. The van der Waals surface area contributed by atoms with Crippen molar-refractivity contribution in [3.63, 3.8) is 0 Å². The lowest BCUT2D eigenvalue weighted by atomic mass is 10.1. The Morgan fingerprint density at radius 1 is 1.24 bits per heavy atom. The molecule has 2 unspecified atom stereocenters. The normalized spacial score (nSPS) is 23.3. The molecule has 0 aliphatic carbocycles. The van der Waals surface area contributed by atoms with Crippen LogP contribution >= 0.6 is 0 Å². The molecule has 2 aliphatic heterocycles. The third-order valence-electron chi connectivity index (χ3n) is 4.87. The standard InChI is InChI=1S/C19H29N3O3/c1-2-24-18(23)15-21-11-13-22(14-12-21)19(17-9-6-10-20-17)25-16-7-4-3-5-8-16/h3-5,7-8,17,19-20H,2,6,9-15H2,1H3. The largest absolute Gasteiger partial charge is 0.473 e. The van der Waals surface area contributed by atoms with Crippen molar-refractivity contribution in [3.05, 3.63) is 30.3 Å². The number of para-hydroxylation sites is 1. The number of nitrogens with zero attached hydrogens (tertiary/aromatic N) is 2. The van der Waals surface area contributed by atoms with E-state index in [9.17, 15) is 4.79 Å². The predicted molar refractivity (Wildman–Crippen MR) is 96.5 cm³/mol. The fourth-order valence-electron chi connectivity index (χ4n) is 3.57. The highest BCUT2D eigenvalue weighted by Gasteiger charge is 2.33. The molecule has 2 atom stereocenters. The van der Waals surface area contributed by atoms with Gasteiger partial charge in [-0.2, -0.15) is 0 Å². The molecule has 0 aromatic heterocycles. The zero-order chi connectivity index (χ0) is 17.5. The van der Waals surface area contributed by atoms with Crippen LogP contribution in [-0.2, 0) is 9.53 Å². The van der Waals surface area contributed by atoms with E-state index in [4.69, 9.17) is 9.47 Å². The van der Waals surface area contributed by atoms with E-state index in [0.717, 1.165) is 44.9 Å². The summed E-state index contributed by atoms with van der Waals surface area (Å²) in [7, 11) is 0. The van der Waals surface area contributed by atoms with Gasteiger partial charge in [-0.15, -0.1) is 0 Å². The summed E-state index contributed by atoms with van der Waals surface area (Å²) in [6, 6.07) is 10.4. The van der Waals surface area contributed by atoms with Gasteiger partial charge in [0.15, 0.2) is 6.23 Å². The van der Waals surface area contributed by atoms with Crippen molar-refractivity contribution >= 4 is 5.97 Å². The number of piperazine rings is 1. The van der Waals surface area contributed by atoms with Crippen LogP contribution in [0.2, 0.25) is 0 Å².